The number of rotatable bonds is 8. The molecule has 0 saturated carbocycles. The number of carbonyl (C=O) groups excluding carboxylic acids is 2. The van der Waals surface area contributed by atoms with E-state index in [2.05, 4.69) is 0 Å². The summed E-state index contributed by atoms with van der Waals surface area (Å²) in [5, 5.41) is -0.814. The summed E-state index contributed by atoms with van der Waals surface area (Å²) in [6, 6.07) is 10.9. The number of halogens is 1. The minimum Gasteiger partial charge on any atom is -0.497 e. The van der Waals surface area contributed by atoms with Crippen LogP contribution in [0.5, 0.6) is 17.2 Å². The van der Waals surface area contributed by atoms with Crippen molar-refractivity contribution in [2.24, 2.45) is 0 Å². The predicted molar refractivity (Wildman–Crippen MR) is 104 cm³/mol. The lowest BCUT2D eigenvalue weighted by Crippen LogP contribution is -2.35. The van der Waals surface area contributed by atoms with Crippen LogP contribution in [-0.4, -0.2) is 48.7 Å². The van der Waals surface area contributed by atoms with E-state index >= 15 is 0 Å². The Morgan fingerprint density at radius 1 is 1.04 bits per heavy atom. The second-order valence-electron chi connectivity index (χ2n) is 6.05. The molecule has 3 rings (SSSR count). The van der Waals surface area contributed by atoms with Gasteiger partial charge in [-0.1, -0.05) is 17.8 Å². The number of hydrogen-bond donors (Lipinski definition) is 0. The maximum absolute atomic E-state index is 12.9. The van der Waals surface area contributed by atoms with Crippen molar-refractivity contribution in [3.05, 3.63) is 53.8 Å². The first-order chi connectivity index (χ1) is 13.5. The first kappa shape index (κ1) is 20.0. The van der Waals surface area contributed by atoms with Gasteiger partial charge in [0, 0.05) is 6.07 Å². The molecule has 0 spiro atoms. The molecule has 1 fully saturated rings. The average molecular weight is 405 g/mol. The molecule has 1 saturated heterocycles. The van der Waals surface area contributed by atoms with Gasteiger partial charge in [-0.15, -0.1) is 0 Å². The third kappa shape index (κ3) is 4.56. The highest BCUT2D eigenvalue weighted by Crippen LogP contribution is 2.33. The molecule has 2 amide bonds. The van der Waals surface area contributed by atoms with Crippen LogP contribution < -0.4 is 14.2 Å². The molecule has 0 N–H and O–H groups in total. The highest BCUT2D eigenvalue weighted by atomic mass is 32.2. The van der Waals surface area contributed by atoms with Crippen molar-refractivity contribution in [2.45, 2.75) is 11.7 Å². The van der Waals surface area contributed by atoms with Crippen LogP contribution in [0.15, 0.2) is 42.5 Å². The maximum atomic E-state index is 12.9. The van der Waals surface area contributed by atoms with E-state index in [9.17, 15) is 14.0 Å². The Morgan fingerprint density at radius 2 is 1.75 bits per heavy atom. The van der Waals surface area contributed by atoms with E-state index in [-0.39, 0.29) is 30.1 Å². The number of carbonyl (C=O) groups is 2. The van der Waals surface area contributed by atoms with Crippen molar-refractivity contribution in [1.29, 1.82) is 0 Å². The fourth-order valence-corrected chi connectivity index (χ4v) is 3.88. The summed E-state index contributed by atoms with van der Waals surface area (Å²) in [4.78, 5) is 26.1. The molecule has 8 heteroatoms. The van der Waals surface area contributed by atoms with Crippen LogP contribution in [0.1, 0.15) is 5.56 Å². The highest BCUT2D eigenvalue weighted by Gasteiger charge is 2.39. The van der Waals surface area contributed by atoms with Crippen molar-refractivity contribution < 1.29 is 28.2 Å². The molecule has 1 aliphatic heterocycles. The second-order valence-corrected chi connectivity index (χ2v) is 7.20. The summed E-state index contributed by atoms with van der Waals surface area (Å²) in [7, 11) is 3.11. The molecular weight excluding hydrogens is 385 g/mol. The SMILES string of the molecule is COc1ccc(C[C@H]2SC(=O)N(CCOc3ccc(F)cc3)C2=O)c(OC)c1. The molecule has 1 heterocycles. The topological polar surface area (TPSA) is 65.1 Å². The maximum Gasteiger partial charge on any atom is 0.289 e. The van der Waals surface area contributed by atoms with Crippen molar-refractivity contribution in [2.75, 3.05) is 27.4 Å². The molecule has 1 atom stereocenters. The number of methoxy groups -OCH3 is 2. The zero-order valence-corrected chi connectivity index (χ0v) is 16.3. The highest BCUT2D eigenvalue weighted by molar-refractivity contribution is 8.15. The Balaban J connectivity index is 1.59. The van der Waals surface area contributed by atoms with Gasteiger partial charge in [-0.2, -0.15) is 0 Å². The van der Waals surface area contributed by atoms with Crippen LogP contribution >= 0.6 is 11.8 Å². The van der Waals surface area contributed by atoms with Crippen LogP contribution in [0.3, 0.4) is 0 Å². The van der Waals surface area contributed by atoms with Gasteiger partial charge in [0.15, 0.2) is 0 Å². The Kier molecular flexibility index (Phi) is 6.41. The molecule has 0 unspecified atom stereocenters. The molecule has 2 aromatic rings. The lowest BCUT2D eigenvalue weighted by molar-refractivity contribution is -0.126. The van der Waals surface area contributed by atoms with E-state index in [0.717, 1.165) is 17.3 Å². The Morgan fingerprint density at radius 3 is 2.43 bits per heavy atom. The van der Waals surface area contributed by atoms with E-state index in [4.69, 9.17) is 14.2 Å². The number of thioether (sulfide) groups is 1. The summed E-state index contributed by atoms with van der Waals surface area (Å²) in [6.07, 6.45) is 0.373. The average Bonchev–Trinajstić information content (AvgIpc) is 2.97. The largest absolute Gasteiger partial charge is 0.497 e. The van der Waals surface area contributed by atoms with Gasteiger partial charge in [-0.25, -0.2) is 4.39 Å². The molecule has 6 nitrogen and oxygen atoms in total. The van der Waals surface area contributed by atoms with Gasteiger partial charge < -0.3 is 14.2 Å². The molecule has 0 radical (unpaired) electrons. The monoisotopic (exact) mass is 405 g/mol. The number of imide groups is 1. The zero-order valence-electron chi connectivity index (χ0n) is 15.5. The van der Waals surface area contributed by atoms with E-state index in [0.29, 0.717) is 23.7 Å². The van der Waals surface area contributed by atoms with E-state index in [1.165, 1.54) is 29.2 Å². The van der Waals surface area contributed by atoms with Gasteiger partial charge in [0.1, 0.15) is 29.7 Å². The predicted octanol–water partition coefficient (Wildman–Crippen LogP) is 3.53. The fraction of sp³-hybridized carbons (Fsp3) is 0.300. The van der Waals surface area contributed by atoms with Gasteiger partial charge in [-0.05, 0) is 42.3 Å². The summed E-state index contributed by atoms with van der Waals surface area (Å²) in [5.41, 5.74) is 0.825. The van der Waals surface area contributed by atoms with Gasteiger partial charge >= 0.3 is 0 Å². The van der Waals surface area contributed by atoms with Crippen molar-refractivity contribution in [1.82, 2.24) is 4.90 Å². The molecule has 0 aromatic heterocycles. The van der Waals surface area contributed by atoms with Crippen LogP contribution in [0, 0.1) is 5.82 Å². The molecule has 1 aliphatic rings. The van der Waals surface area contributed by atoms with Crippen molar-refractivity contribution >= 4 is 22.9 Å². The van der Waals surface area contributed by atoms with Gasteiger partial charge in [0.25, 0.3) is 5.24 Å². The van der Waals surface area contributed by atoms with Crippen LogP contribution in [0.4, 0.5) is 9.18 Å². The van der Waals surface area contributed by atoms with Crippen LogP contribution in [0.25, 0.3) is 0 Å². The standard InChI is InChI=1S/C20H20FNO5S/c1-25-16-6-3-13(17(12-16)26-2)11-18-19(23)22(20(24)28-18)9-10-27-15-7-4-14(21)5-8-15/h3-8,12,18H,9-11H2,1-2H3/t18-/m1/s1. The first-order valence-corrected chi connectivity index (χ1v) is 9.51. The minimum absolute atomic E-state index is 0.137. The van der Waals surface area contributed by atoms with Gasteiger partial charge in [-0.3, -0.25) is 14.5 Å². The number of benzene rings is 2. The quantitative estimate of drug-likeness (QED) is 0.670. The van der Waals surface area contributed by atoms with Crippen LogP contribution in [-0.2, 0) is 11.2 Å². The van der Waals surface area contributed by atoms with Crippen LogP contribution in [0.2, 0.25) is 0 Å². The zero-order chi connectivity index (χ0) is 20.1. The third-order valence-corrected chi connectivity index (χ3v) is 5.38. The Bertz CT molecular complexity index is 858. The minimum atomic E-state index is -0.513. The molecule has 0 bridgehead atoms. The lowest BCUT2D eigenvalue weighted by Gasteiger charge is -2.15. The lowest BCUT2D eigenvalue weighted by atomic mass is 10.1. The number of amides is 2. The second kappa shape index (κ2) is 8.97. The van der Waals surface area contributed by atoms with Crippen molar-refractivity contribution in [3.8, 4) is 17.2 Å². The number of ether oxygens (including phenoxy) is 3. The number of nitrogens with zero attached hydrogens (tertiary/aromatic N) is 1. The van der Waals surface area contributed by atoms with E-state index in [1.807, 2.05) is 6.07 Å². The van der Waals surface area contributed by atoms with E-state index < -0.39 is 5.25 Å². The Hall–Kier alpha value is -2.74. The number of hydrogen-bond acceptors (Lipinski definition) is 6. The third-order valence-electron chi connectivity index (χ3n) is 4.30. The molecule has 2 aromatic carbocycles. The van der Waals surface area contributed by atoms with E-state index in [1.54, 1.807) is 26.4 Å². The van der Waals surface area contributed by atoms with Gasteiger partial charge in [0.2, 0.25) is 5.91 Å². The summed E-state index contributed by atoms with van der Waals surface area (Å²) in [5.74, 6) is 1.13. The molecular formula is C20H20FNO5S. The summed E-state index contributed by atoms with van der Waals surface area (Å²) < 4.78 is 28.9. The fourth-order valence-electron chi connectivity index (χ4n) is 2.84. The van der Waals surface area contributed by atoms with Crippen molar-refractivity contribution in [3.63, 3.8) is 0 Å². The smallest absolute Gasteiger partial charge is 0.289 e. The molecule has 148 valence electrons. The first-order valence-electron chi connectivity index (χ1n) is 8.63. The normalized spacial score (nSPS) is 16.4. The summed E-state index contributed by atoms with van der Waals surface area (Å²) in [6.45, 7) is 0.278. The molecule has 0 aliphatic carbocycles. The molecule has 28 heavy (non-hydrogen) atoms. The summed E-state index contributed by atoms with van der Waals surface area (Å²) >= 11 is 0.999. The Labute approximate surface area is 166 Å². The van der Waals surface area contributed by atoms with Gasteiger partial charge in [0.05, 0.1) is 26.0 Å².